The van der Waals surface area contributed by atoms with Crippen molar-refractivity contribution in [2.75, 3.05) is 0 Å². The number of amides is 1. The molecule has 0 aliphatic heterocycles. The number of hydrogen-bond donors (Lipinski definition) is 4. The average Bonchev–Trinajstić information content (AvgIpc) is 2.52. The van der Waals surface area contributed by atoms with Crippen LogP contribution in [0.1, 0.15) is 22.8 Å². The molecule has 8 heteroatoms. The lowest BCUT2D eigenvalue weighted by Crippen LogP contribution is -2.19. The lowest BCUT2D eigenvalue weighted by molar-refractivity contribution is 0.0955. The number of carbonyl (C=O) groups is 1. The Labute approximate surface area is 141 Å². The van der Waals surface area contributed by atoms with E-state index in [1.54, 1.807) is 0 Å². The molecule has 120 valence electrons. The highest BCUT2D eigenvalue weighted by atomic mass is 35.5. The minimum Gasteiger partial charge on any atom is -0.504 e. The lowest BCUT2D eigenvalue weighted by atomic mass is 10.1. The van der Waals surface area contributed by atoms with E-state index in [1.807, 2.05) is 0 Å². The number of phenolic OH excluding ortho intramolecular Hbond substituents is 3. The Morgan fingerprint density at radius 2 is 1.74 bits per heavy atom. The van der Waals surface area contributed by atoms with Crippen molar-refractivity contribution >= 4 is 34.8 Å². The maximum Gasteiger partial charge on any atom is 0.271 e. The van der Waals surface area contributed by atoms with Gasteiger partial charge in [-0.15, -0.1) is 0 Å². The molecule has 0 radical (unpaired) electrons. The van der Waals surface area contributed by atoms with E-state index in [-0.39, 0.29) is 21.9 Å². The van der Waals surface area contributed by atoms with Gasteiger partial charge >= 0.3 is 0 Å². The lowest BCUT2D eigenvalue weighted by Gasteiger charge is -2.08. The molecule has 0 fully saturated rings. The molecule has 1 amide bonds. The van der Waals surface area contributed by atoms with E-state index in [0.29, 0.717) is 5.02 Å². The summed E-state index contributed by atoms with van der Waals surface area (Å²) in [4.78, 5) is 12.0. The number of carbonyl (C=O) groups excluding carboxylic acids is 1. The van der Waals surface area contributed by atoms with Crippen LogP contribution < -0.4 is 5.43 Å². The molecular formula is C15H12Cl2N2O4. The van der Waals surface area contributed by atoms with Gasteiger partial charge in [-0.05, 0) is 37.3 Å². The van der Waals surface area contributed by atoms with Gasteiger partial charge in [0.1, 0.15) is 0 Å². The average molecular weight is 355 g/mol. The summed E-state index contributed by atoms with van der Waals surface area (Å²) in [5.74, 6) is -2.17. The first-order valence-corrected chi connectivity index (χ1v) is 7.10. The molecule has 2 aromatic rings. The van der Waals surface area contributed by atoms with Crippen LogP contribution >= 0.6 is 23.2 Å². The number of halogens is 2. The van der Waals surface area contributed by atoms with E-state index in [0.717, 1.165) is 0 Å². The second kappa shape index (κ2) is 6.76. The van der Waals surface area contributed by atoms with Gasteiger partial charge in [-0.3, -0.25) is 4.79 Å². The summed E-state index contributed by atoms with van der Waals surface area (Å²) in [6.45, 7) is 1.51. The molecule has 0 saturated carbocycles. The maximum atomic E-state index is 12.0. The zero-order valence-electron chi connectivity index (χ0n) is 11.8. The van der Waals surface area contributed by atoms with Crippen molar-refractivity contribution in [1.82, 2.24) is 5.43 Å². The zero-order valence-corrected chi connectivity index (χ0v) is 13.4. The summed E-state index contributed by atoms with van der Waals surface area (Å²) in [5.41, 5.74) is 2.95. The molecule has 0 aliphatic carbocycles. The van der Waals surface area contributed by atoms with Gasteiger partial charge < -0.3 is 15.3 Å². The van der Waals surface area contributed by atoms with Crippen molar-refractivity contribution in [3.63, 3.8) is 0 Å². The molecule has 0 heterocycles. The zero-order chi connectivity index (χ0) is 17.1. The quantitative estimate of drug-likeness (QED) is 0.386. The SMILES string of the molecule is C/C(=N/NC(=O)c1ccc(Cl)c(Cl)c1)c1ccc(O)c(O)c1O. The second-order valence-corrected chi connectivity index (χ2v) is 5.41. The first-order valence-electron chi connectivity index (χ1n) is 6.35. The van der Waals surface area contributed by atoms with Gasteiger partial charge in [-0.1, -0.05) is 23.2 Å². The summed E-state index contributed by atoms with van der Waals surface area (Å²) in [6.07, 6.45) is 0. The molecule has 2 rings (SSSR count). The fourth-order valence-electron chi connectivity index (χ4n) is 1.76. The standard InChI is InChI=1S/C15H12Cl2N2O4/c1-7(9-3-5-12(20)14(22)13(9)21)18-19-15(23)8-2-4-10(16)11(17)6-8/h2-6,20-22H,1H3,(H,19,23)/b18-7-. The Morgan fingerprint density at radius 3 is 2.39 bits per heavy atom. The number of nitrogens with one attached hydrogen (secondary N) is 1. The van der Waals surface area contributed by atoms with Gasteiger partial charge in [0.05, 0.1) is 15.8 Å². The van der Waals surface area contributed by atoms with E-state index in [1.165, 1.54) is 37.3 Å². The van der Waals surface area contributed by atoms with E-state index >= 15 is 0 Å². The van der Waals surface area contributed by atoms with Crippen LogP contribution in [-0.4, -0.2) is 26.9 Å². The normalized spacial score (nSPS) is 11.3. The van der Waals surface area contributed by atoms with Crippen LogP contribution in [0.2, 0.25) is 10.0 Å². The molecule has 4 N–H and O–H groups in total. The minimum absolute atomic E-state index is 0.162. The van der Waals surface area contributed by atoms with Gasteiger partial charge in [0.25, 0.3) is 5.91 Å². The van der Waals surface area contributed by atoms with Crippen LogP contribution in [0, 0.1) is 0 Å². The number of benzene rings is 2. The number of phenols is 3. The topological polar surface area (TPSA) is 102 Å². The number of hydrogen-bond acceptors (Lipinski definition) is 5. The highest BCUT2D eigenvalue weighted by molar-refractivity contribution is 6.42. The number of hydrazone groups is 1. The van der Waals surface area contributed by atoms with Gasteiger partial charge in [-0.2, -0.15) is 5.10 Å². The molecular weight excluding hydrogens is 343 g/mol. The van der Waals surface area contributed by atoms with Crippen molar-refractivity contribution in [3.8, 4) is 17.2 Å². The molecule has 0 unspecified atom stereocenters. The minimum atomic E-state index is -0.659. The second-order valence-electron chi connectivity index (χ2n) is 4.60. The van der Waals surface area contributed by atoms with Gasteiger partial charge in [-0.25, -0.2) is 5.43 Å². The highest BCUT2D eigenvalue weighted by Gasteiger charge is 2.14. The first kappa shape index (κ1) is 16.9. The van der Waals surface area contributed by atoms with E-state index < -0.39 is 23.2 Å². The van der Waals surface area contributed by atoms with Crippen LogP contribution in [0.5, 0.6) is 17.2 Å². The molecule has 0 aliphatic rings. The van der Waals surface area contributed by atoms with E-state index in [9.17, 15) is 20.1 Å². The summed E-state index contributed by atoms with van der Waals surface area (Å²) >= 11 is 11.6. The summed E-state index contributed by atoms with van der Waals surface area (Å²) in [6, 6.07) is 6.92. The molecule has 0 aromatic heterocycles. The van der Waals surface area contributed by atoms with E-state index in [2.05, 4.69) is 10.5 Å². The molecule has 6 nitrogen and oxygen atoms in total. The van der Waals surface area contributed by atoms with Crippen LogP contribution in [0.3, 0.4) is 0 Å². The largest absolute Gasteiger partial charge is 0.504 e. The third kappa shape index (κ3) is 3.67. The Kier molecular flexibility index (Phi) is 4.98. The Bertz CT molecular complexity index is 806. The smallest absolute Gasteiger partial charge is 0.271 e. The van der Waals surface area contributed by atoms with Crippen LogP contribution in [0.15, 0.2) is 35.4 Å². The predicted molar refractivity (Wildman–Crippen MR) is 87.6 cm³/mol. The number of nitrogens with zero attached hydrogens (tertiary/aromatic N) is 1. The van der Waals surface area contributed by atoms with Crippen LogP contribution in [0.25, 0.3) is 0 Å². The molecule has 23 heavy (non-hydrogen) atoms. The Balaban J connectivity index is 2.20. The van der Waals surface area contributed by atoms with Crippen molar-refractivity contribution in [2.45, 2.75) is 6.92 Å². The third-order valence-corrected chi connectivity index (χ3v) is 3.77. The Morgan fingerprint density at radius 1 is 1.04 bits per heavy atom. The highest BCUT2D eigenvalue weighted by Crippen LogP contribution is 2.37. The predicted octanol–water partition coefficient (Wildman–Crippen LogP) is 3.26. The summed E-state index contributed by atoms with van der Waals surface area (Å²) in [5, 5.41) is 32.9. The summed E-state index contributed by atoms with van der Waals surface area (Å²) < 4.78 is 0. The number of aromatic hydroxyl groups is 3. The van der Waals surface area contributed by atoms with Crippen LogP contribution in [-0.2, 0) is 0 Å². The third-order valence-electron chi connectivity index (χ3n) is 3.03. The summed E-state index contributed by atoms with van der Waals surface area (Å²) in [7, 11) is 0. The molecule has 0 bridgehead atoms. The molecule has 0 atom stereocenters. The van der Waals surface area contributed by atoms with Gasteiger partial charge in [0.15, 0.2) is 11.5 Å². The van der Waals surface area contributed by atoms with Crippen molar-refractivity contribution in [3.05, 3.63) is 51.5 Å². The molecule has 2 aromatic carbocycles. The Hall–Kier alpha value is -2.44. The molecule has 0 saturated heterocycles. The maximum absolute atomic E-state index is 12.0. The van der Waals surface area contributed by atoms with Gasteiger partial charge in [0, 0.05) is 11.1 Å². The fourth-order valence-corrected chi connectivity index (χ4v) is 2.06. The van der Waals surface area contributed by atoms with Crippen molar-refractivity contribution < 1.29 is 20.1 Å². The molecule has 0 spiro atoms. The van der Waals surface area contributed by atoms with Crippen molar-refractivity contribution in [1.29, 1.82) is 0 Å². The van der Waals surface area contributed by atoms with Crippen molar-refractivity contribution in [2.24, 2.45) is 5.10 Å². The van der Waals surface area contributed by atoms with Crippen LogP contribution in [0.4, 0.5) is 0 Å². The first-order chi connectivity index (χ1) is 10.8. The number of rotatable bonds is 3. The fraction of sp³-hybridized carbons (Fsp3) is 0.0667. The monoisotopic (exact) mass is 354 g/mol. The van der Waals surface area contributed by atoms with E-state index in [4.69, 9.17) is 23.2 Å². The van der Waals surface area contributed by atoms with Gasteiger partial charge in [0.2, 0.25) is 5.75 Å².